The van der Waals surface area contributed by atoms with Gasteiger partial charge in [0.1, 0.15) is 30.3 Å². The molecule has 1 aliphatic heterocycles. The minimum Gasteiger partial charge on any atom is -0.460 e. The maximum Gasteiger partial charge on any atom is 0.408 e. The van der Waals surface area contributed by atoms with E-state index in [0.717, 1.165) is 0 Å². The molecule has 1 aliphatic rings. The van der Waals surface area contributed by atoms with E-state index in [2.05, 4.69) is 16.1 Å². The maximum absolute atomic E-state index is 12.8. The summed E-state index contributed by atoms with van der Waals surface area (Å²) in [5.41, 5.74) is 2.07. The molecule has 0 saturated carbocycles. The molecule has 13 heteroatoms. The number of esters is 1. The van der Waals surface area contributed by atoms with Crippen LogP contribution in [0.5, 0.6) is 0 Å². The quantitative estimate of drug-likeness (QED) is 0.340. The number of nitrogens with zero attached hydrogens (tertiary/aromatic N) is 1. The van der Waals surface area contributed by atoms with Crippen molar-refractivity contribution in [1.82, 2.24) is 21.1 Å². The van der Waals surface area contributed by atoms with E-state index < -0.39 is 58.0 Å². The Morgan fingerprint density at radius 2 is 1.70 bits per heavy atom. The van der Waals surface area contributed by atoms with Gasteiger partial charge in [0, 0.05) is 6.54 Å². The molecule has 0 aromatic heterocycles. The lowest BCUT2D eigenvalue weighted by Gasteiger charge is -2.34. The number of rotatable bonds is 7. The molecule has 3 amide bonds. The highest BCUT2D eigenvalue weighted by Crippen LogP contribution is 2.26. The van der Waals surface area contributed by atoms with Gasteiger partial charge in [0.05, 0.1) is 0 Å². The highest BCUT2D eigenvalue weighted by Gasteiger charge is 2.34. The number of carbonyl (C=O) groups is 4. The van der Waals surface area contributed by atoms with E-state index in [0.29, 0.717) is 19.4 Å². The SMILES string of the molecule is CC(C)[C@H](NC(=O)OC(C)(C)C)C(=O)N[C@@H](C)C(=O)N1CCCC(C(=O)OCC(Cl)(Cl)Cl)N1. The lowest BCUT2D eigenvalue weighted by Crippen LogP contribution is -2.61. The molecule has 1 fully saturated rings. The molecule has 1 saturated heterocycles. The van der Waals surface area contributed by atoms with Crippen molar-refractivity contribution in [3.8, 4) is 0 Å². The molecule has 190 valence electrons. The van der Waals surface area contributed by atoms with Gasteiger partial charge in [0.2, 0.25) is 9.70 Å². The average Bonchev–Trinajstić information content (AvgIpc) is 2.67. The van der Waals surface area contributed by atoms with E-state index in [4.69, 9.17) is 44.3 Å². The first-order chi connectivity index (χ1) is 15.0. The third kappa shape index (κ3) is 11.0. The Balaban J connectivity index is 2.70. The van der Waals surface area contributed by atoms with E-state index in [9.17, 15) is 19.2 Å². The second kappa shape index (κ2) is 12.3. The van der Waals surface area contributed by atoms with E-state index in [-0.39, 0.29) is 5.92 Å². The predicted octanol–water partition coefficient (Wildman–Crippen LogP) is 2.45. The van der Waals surface area contributed by atoms with E-state index in [1.54, 1.807) is 34.6 Å². The Morgan fingerprint density at radius 3 is 2.21 bits per heavy atom. The largest absolute Gasteiger partial charge is 0.460 e. The molecule has 0 aromatic carbocycles. The first-order valence-electron chi connectivity index (χ1n) is 10.6. The highest BCUT2D eigenvalue weighted by molar-refractivity contribution is 6.67. The lowest BCUT2D eigenvalue weighted by atomic mass is 10.0. The predicted molar refractivity (Wildman–Crippen MR) is 125 cm³/mol. The van der Waals surface area contributed by atoms with Crippen LogP contribution in [0.25, 0.3) is 0 Å². The van der Waals surface area contributed by atoms with Gasteiger partial charge in [-0.25, -0.2) is 10.2 Å². The van der Waals surface area contributed by atoms with Crippen molar-refractivity contribution in [2.45, 2.75) is 81.9 Å². The van der Waals surface area contributed by atoms with Gasteiger partial charge in [-0.2, -0.15) is 0 Å². The molecule has 1 heterocycles. The van der Waals surface area contributed by atoms with Crippen molar-refractivity contribution in [2.24, 2.45) is 5.92 Å². The van der Waals surface area contributed by atoms with Crippen LogP contribution in [-0.4, -0.2) is 69.6 Å². The molecule has 0 aromatic rings. The number of amides is 3. The van der Waals surface area contributed by atoms with E-state index >= 15 is 0 Å². The summed E-state index contributed by atoms with van der Waals surface area (Å²) in [7, 11) is 0. The maximum atomic E-state index is 12.8. The number of hydrogen-bond acceptors (Lipinski definition) is 7. The fourth-order valence-electron chi connectivity index (χ4n) is 2.94. The van der Waals surface area contributed by atoms with Crippen molar-refractivity contribution in [3.63, 3.8) is 0 Å². The monoisotopic (exact) mass is 530 g/mol. The molecule has 0 bridgehead atoms. The minimum absolute atomic E-state index is 0.259. The molecule has 1 rings (SSSR count). The van der Waals surface area contributed by atoms with E-state index in [1.165, 1.54) is 11.9 Å². The van der Waals surface area contributed by atoms with Crippen molar-refractivity contribution in [1.29, 1.82) is 0 Å². The van der Waals surface area contributed by atoms with Crippen LogP contribution >= 0.6 is 34.8 Å². The molecule has 1 unspecified atom stereocenters. The molecule has 0 radical (unpaired) electrons. The summed E-state index contributed by atoms with van der Waals surface area (Å²) in [5, 5.41) is 6.40. The molecule has 0 aliphatic carbocycles. The van der Waals surface area contributed by atoms with Crippen LogP contribution in [0.1, 0.15) is 54.4 Å². The summed E-state index contributed by atoms with van der Waals surface area (Å²) in [6, 6.07) is -2.63. The van der Waals surface area contributed by atoms with Crippen molar-refractivity contribution in [2.75, 3.05) is 13.2 Å². The van der Waals surface area contributed by atoms with Gasteiger partial charge in [-0.1, -0.05) is 48.7 Å². The summed E-state index contributed by atoms with van der Waals surface area (Å²) in [4.78, 5) is 49.9. The van der Waals surface area contributed by atoms with Gasteiger partial charge < -0.3 is 20.1 Å². The number of halogens is 3. The van der Waals surface area contributed by atoms with Crippen LogP contribution in [0.15, 0.2) is 0 Å². The average molecular weight is 532 g/mol. The first kappa shape index (κ1) is 29.5. The van der Waals surface area contributed by atoms with Crippen molar-refractivity contribution >= 4 is 58.7 Å². The lowest BCUT2D eigenvalue weighted by molar-refractivity contribution is -0.152. The third-order valence-corrected chi connectivity index (χ3v) is 4.79. The molecule has 33 heavy (non-hydrogen) atoms. The standard InChI is InChI=1S/C20H33Cl3N4O6/c1-11(2)14(25-18(31)33-19(4,5)6)15(28)24-12(3)16(29)27-9-7-8-13(26-27)17(30)32-10-20(21,22)23/h11-14,26H,7-10H2,1-6H3,(H,24,28)(H,25,31)/t12-,13?,14-/m0/s1. The van der Waals surface area contributed by atoms with Gasteiger partial charge in [-0.3, -0.25) is 19.4 Å². The van der Waals surface area contributed by atoms with Crippen LogP contribution in [0.3, 0.4) is 0 Å². The first-order valence-corrected chi connectivity index (χ1v) is 11.7. The molecular formula is C20H33Cl3N4O6. The summed E-state index contributed by atoms with van der Waals surface area (Å²) in [6.07, 6.45) is 0.226. The Bertz CT molecular complexity index is 724. The Morgan fingerprint density at radius 1 is 1.09 bits per heavy atom. The van der Waals surface area contributed by atoms with Gasteiger partial charge in [-0.15, -0.1) is 0 Å². The number of hydrazine groups is 1. The number of hydrogen-bond donors (Lipinski definition) is 3. The summed E-state index contributed by atoms with van der Waals surface area (Å²) < 4.78 is 8.44. The van der Waals surface area contributed by atoms with Gasteiger partial charge in [0.15, 0.2) is 0 Å². The number of carbonyl (C=O) groups excluding carboxylic acids is 4. The fraction of sp³-hybridized carbons (Fsp3) is 0.800. The fourth-order valence-corrected chi connectivity index (χ4v) is 3.10. The van der Waals surface area contributed by atoms with Gasteiger partial charge >= 0.3 is 12.1 Å². The van der Waals surface area contributed by atoms with Crippen LogP contribution in [0, 0.1) is 5.92 Å². The molecular weight excluding hydrogens is 499 g/mol. The molecule has 3 N–H and O–H groups in total. The third-order valence-electron chi connectivity index (χ3n) is 4.47. The second-order valence-corrected chi connectivity index (χ2v) is 11.7. The normalized spacial score (nSPS) is 18.8. The van der Waals surface area contributed by atoms with Crippen molar-refractivity contribution in [3.05, 3.63) is 0 Å². The topological polar surface area (TPSA) is 126 Å². The Hall–Kier alpha value is -1.49. The van der Waals surface area contributed by atoms with Crippen LogP contribution in [0.4, 0.5) is 4.79 Å². The smallest absolute Gasteiger partial charge is 0.408 e. The minimum atomic E-state index is -1.74. The molecule has 0 spiro atoms. The number of ether oxygens (including phenoxy) is 2. The highest BCUT2D eigenvalue weighted by atomic mass is 35.6. The molecule has 10 nitrogen and oxygen atoms in total. The molecule has 3 atom stereocenters. The van der Waals surface area contributed by atoms with Crippen LogP contribution < -0.4 is 16.1 Å². The summed E-state index contributed by atoms with van der Waals surface area (Å²) in [6.45, 7) is 10.1. The second-order valence-electron chi connectivity index (χ2n) is 9.13. The zero-order valence-corrected chi connectivity index (χ0v) is 21.9. The Kier molecular flexibility index (Phi) is 11.0. The van der Waals surface area contributed by atoms with Crippen LogP contribution in [0.2, 0.25) is 0 Å². The van der Waals surface area contributed by atoms with Crippen LogP contribution in [-0.2, 0) is 23.9 Å². The zero-order chi connectivity index (χ0) is 25.6. The van der Waals surface area contributed by atoms with Gasteiger partial charge in [-0.05, 0) is 46.5 Å². The summed E-state index contributed by atoms with van der Waals surface area (Å²) in [5.74, 6) is -1.91. The Labute approximate surface area is 209 Å². The number of alkyl carbamates (subject to hydrolysis) is 1. The number of nitrogens with one attached hydrogen (secondary N) is 3. The zero-order valence-electron chi connectivity index (χ0n) is 19.7. The van der Waals surface area contributed by atoms with Crippen molar-refractivity contribution < 1.29 is 28.7 Å². The number of alkyl halides is 3. The van der Waals surface area contributed by atoms with Gasteiger partial charge in [0.25, 0.3) is 5.91 Å². The van der Waals surface area contributed by atoms with E-state index in [1.807, 2.05) is 0 Å². The summed E-state index contributed by atoms with van der Waals surface area (Å²) >= 11 is 16.8.